The lowest BCUT2D eigenvalue weighted by molar-refractivity contribution is 0.0251. The number of carbonyl (C=O) groups is 1. The van der Waals surface area contributed by atoms with E-state index >= 15 is 0 Å². The number of hydrogen-bond donors (Lipinski definition) is 1. The molecule has 0 spiro atoms. The zero-order chi connectivity index (χ0) is 15.6. The SMILES string of the molecule is COC[C@@]1(NC(C)(C)C)CCN(C(=O)OC(C)(C)C)C1. The van der Waals surface area contributed by atoms with Crippen molar-refractivity contribution in [1.82, 2.24) is 10.2 Å². The lowest BCUT2D eigenvalue weighted by Gasteiger charge is -2.37. The van der Waals surface area contributed by atoms with Crippen LogP contribution in [0.1, 0.15) is 48.0 Å². The van der Waals surface area contributed by atoms with Gasteiger partial charge in [0.1, 0.15) is 5.60 Å². The summed E-state index contributed by atoms with van der Waals surface area (Å²) in [5, 5.41) is 3.61. The lowest BCUT2D eigenvalue weighted by atomic mass is 9.94. The Kier molecular flexibility index (Phi) is 5.08. The summed E-state index contributed by atoms with van der Waals surface area (Å²) in [6.45, 7) is 13.9. The minimum absolute atomic E-state index is 0.0253. The van der Waals surface area contributed by atoms with Crippen molar-refractivity contribution >= 4 is 6.09 Å². The number of hydrogen-bond acceptors (Lipinski definition) is 4. The minimum Gasteiger partial charge on any atom is -0.444 e. The van der Waals surface area contributed by atoms with Crippen molar-refractivity contribution in [3.8, 4) is 0 Å². The van der Waals surface area contributed by atoms with Gasteiger partial charge in [-0.05, 0) is 48.0 Å². The van der Waals surface area contributed by atoms with Crippen LogP contribution in [0.25, 0.3) is 0 Å². The fourth-order valence-corrected chi connectivity index (χ4v) is 2.68. The summed E-state index contributed by atoms with van der Waals surface area (Å²) in [6, 6.07) is 0. The van der Waals surface area contributed by atoms with Gasteiger partial charge in [-0.1, -0.05) is 0 Å². The molecule has 1 N–H and O–H groups in total. The summed E-state index contributed by atoms with van der Waals surface area (Å²) < 4.78 is 10.8. The molecule has 1 aliphatic heterocycles. The molecule has 0 aromatic carbocycles. The first-order valence-corrected chi connectivity index (χ1v) is 7.23. The first kappa shape index (κ1) is 17.2. The molecule has 1 heterocycles. The number of nitrogens with one attached hydrogen (secondary N) is 1. The van der Waals surface area contributed by atoms with E-state index in [9.17, 15) is 4.79 Å². The largest absolute Gasteiger partial charge is 0.444 e. The third-order valence-electron chi connectivity index (χ3n) is 3.07. The highest BCUT2D eigenvalue weighted by molar-refractivity contribution is 5.68. The molecule has 1 saturated heterocycles. The van der Waals surface area contributed by atoms with Gasteiger partial charge in [0, 0.05) is 25.7 Å². The molecule has 0 aromatic rings. The summed E-state index contributed by atoms with van der Waals surface area (Å²) >= 11 is 0. The van der Waals surface area contributed by atoms with E-state index in [1.165, 1.54) is 0 Å². The Morgan fingerprint density at radius 2 is 1.85 bits per heavy atom. The van der Waals surface area contributed by atoms with Crippen molar-refractivity contribution in [2.24, 2.45) is 0 Å². The maximum absolute atomic E-state index is 12.2. The fraction of sp³-hybridized carbons (Fsp3) is 0.933. The van der Waals surface area contributed by atoms with E-state index in [0.29, 0.717) is 19.7 Å². The van der Waals surface area contributed by atoms with Gasteiger partial charge >= 0.3 is 6.09 Å². The standard InChI is InChI=1S/C15H30N2O3/c1-13(2,3)16-15(11-19-7)8-9-17(10-15)12(18)20-14(4,5)6/h16H,8-11H2,1-7H3/t15-/m1/s1. The molecule has 118 valence electrons. The number of nitrogens with zero attached hydrogens (tertiary/aromatic N) is 1. The molecule has 5 heteroatoms. The number of amides is 1. The highest BCUT2D eigenvalue weighted by atomic mass is 16.6. The van der Waals surface area contributed by atoms with Gasteiger partial charge in [-0.25, -0.2) is 4.79 Å². The maximum Gasteiger partial charge on any atom is 0.410 e. The predicted molar refractivity (Wildman–Crippen MR) is 79.9 cm³/mol. The molecular formula is C15H30N2O3. The average Bonchev–Trinajstić information content (AvgIpc) is 2.57. The Labute approximate surface area is 123 Å². The van der Waals surface area contributed by atoms with E-state index in [2.05, 4.69) is 26.1 Å². The van der Waals surface area contributed by atoms with Crippen molar-refractivity contribution in [3.63, 3.8) is 0 Å². The number of methoxy groups -OCH3 is 1. The van der Waals surface area contributed by atoms with E-state index in [-0.39, 0.29) is 17.2 Å². The van der Waals surface area contributed by atoms with Crippen LogP contribution >= 0.6 is 0 Å². The van der Waals surface area contributed by atoms with Gasteiger partial charge in [0.25, 0.3) is 0 Å². The van der Waals surface area contributed by atoms with Crippen molar-refractivity contribution in [2.75, 3.05) is 26.8 Å². The predicted octanol–water partition coefficient (Wildman–Crippen LogP) is 2.40. The summed E-state index contributed by atoms with van der Waals surface area (Å²) in [7, 11) is 1.70. The topological polar surface area (TPSA) is 50.8 Å². The Morgan fingerprint density at radius 1 is 1.25 bits per heavy atom. The molecule has 0 aliphatic carbocycles. The fourth-order valence-electron chi connectivity index (χ4n) is 2.68. The first-order valence-electron chi connectivity index (χ1n) is 7.23. The molecule has 0 unspecified atom stereocenters. The quantitative estimate of drug-likeness (QED) is 0.865. The van der Waals surface area contributed by atoms with Crippen LogP contribution in [0.3, 0.4) is 0 Å². The van der Waals surface area contributed by atoms with Gasteiger partial charge in [0.05, 0.1) is 12.1 Å². The molecule has 1 rings (SSSR count). The van der Waals surface area contributed by atoms with E-state index in [1.807, 2.05) is 20.8 Å². The number of rotatable bonds is 3. The van der Waals surface area contributed by atoms with E-state index in [4.69, 9.17) is 9.47 Å². The van der Waals surface area contributed by atoms with E-state index in [1.54, 1.807) is 12.0 Å². The normalized spacial score (nSPS) is 24.1. The van der Waals surface area contributed by atoms with Crippen molar-refractivity contribution in [2.45, 2.75) is 64.6 Å². The van der Waals surface area contributed by atoms with Crippen molar-refractivity contribution in [1.29, 1.82) is 0 Å². The number of ether oxygens (including phenoxy) is 2. The van der Waals surface area contributed by atoms with Crippen LogP contribution in [0.15, 0.2) is 0 Å². The van der Waals surface area contributed by atoms with Crippen LogP contribution in [0, 0.1) is 0 Å². The highest BCUT2D eigenvalue weighted by Crippen LogP contribution is 2.26. The van der Waals surface area contributed by atoms with Gasteiger partial charge in [-0.2, -0.15) is 0 Å². The molecule has 1 fully saturated rings. The van der Waals surface area contributed by atoms with Crippen LogP contribution in [0.2, 0.25) is 0 Å². The monoisotopic (exact) mass is 286 g/mol. The summed E-state index contributed by atoms with van der Waals surface area (Å²) in [5.74, 6) is 0. The van der Waals surface area contributed by atoms with Crippen LogP contribution < -0.4 is 5.32 Å². The highest BCUT2D eigenvalue weighted by Gasteiger charge is 2.43. The van der Waals surface area contributed by atoms with Gasteiger partial charge in [0.15, 0.2) is 0 Å². The van der Waals surface area contributed by atoms with Gasteiger partial charge in [-0.3, -0.25) is 0 Å². The molecule has 1 amide bonds. The Hall–Kier alpha value is -0.810. The molecule has 0 bridgehead atoms. The van der Waals surface area contributed by atoms with Crippen LogP contribution in [0.4, 0.5) is 4.79 Å². The first-order chi connectivity index (χ1) is 8.96. The Morgan fingerprint density at radius 3 is 2.30 bits per heavy atom. The summed E-state index contributed by atoms with van der Waals surface area (Å²) in [4.78, 5) is 13.9. The molecular weight excluding hydrogens is 256 g/mol. The minimum atomic E-state index is -0.457. The Balaban J connectivity index is 2.72. The smallest absolute Gasteiger partial charge is 0.410 e. The summed E-state index contributed by atoms with van der Waals surface area (Å²) in [6.07, 6.45) is 0.628. The average molecular weight is 286 g/mol. The molecule has 1 aliphatic rings. The second kappa shape index (κ2) is 5.90. The molecule has 20 heavy (non-hydrogen) atoms. The van der Waals surface area contributed by atoms with E-state index in [0.717, 1.165) is 6.42 Å². The van der Waals surface area contributed by atoms with Crippen LogP contribution in [0.5, 0.6) is 0 Å². The Bertz CT molecular complexity index is 344. The second-order valence-corrected chi connectivity index (χ2v) is 7.74. The van der Waals surface area contributed by atoms with Crippen LogP contribution in [-0.2, 0) is 9.47 Å². The molecule has 5 nitrogen and oxygen atoms in total. The van der Waals surface area contributed by atoms with Crippen molar-refractivity contribution < 1.29 is 14.3 Å². The molecule has 1 atom stereocenters. The van der Waals surface area contributed by atoms with Crippen molar-refractivity contribution in [3.05, 3.63) is 0 Å². The van der Waals surface area contributed by atoms with Gasteiger partial charge < -0.3 is 19.7 Å². The molecule has 0 radical (unpaired) electrons. The third kappa shape index (κ3) is 5.29. The maximum atomic E-state index is 12.2. The second-order valence-electron chi connectivity index (χ2n) is 7.74. The third-order valence-corrected chi connectivity index (χ3v) is 3.07. The molecule has 0 saturated carbocycles. The zero-order valence-electron chi connectivity index (χ0n) is 14.0. The zero-order valence-corrected chi connectivity index (χ0v) is 14.0. The number of carbonyl (C=O) groups excluding carboxylic acids is 1. The van der Waals surface area contributed by atoms with Gasteiger partial charge in [-0.15, -0.1) is 0 Å². The molecule has 0 aromatic heterocycles. The number of likely N-dealkylation sites (tertiary alicyclic amines) is 1. The van der Waals surface area contributed by atoms with Crippen LogP contribution in [-0.4, -0.2) is 54.5 Å². The van der Waals surface area contributed by atoms with Gasteiger partial charge in [0.2, 0.25) is 0 Å². The van der Waals surface area contributed by atoms with E-state index < -0.39 is 5.60 Å². The lowest BCUT2D eigenvalue weighted by Crippen LogP contribution is -2.58. The summed E-state index contributed by atoms with van der Waals surface area (Å²) in [5.41, 5.74) is -0.673.